The van der Waals surface area contributed by atoms with Crippen molar-refractivity contribution in [2.75, 3.05) is 7.05 Å². The first-order chi connectivity index (χ1) is 11.1. The molecular formula is C18H14N2O3. The fraction of sp³-hybridized carbons (Fsp3) is 0.0556. The molecule has 0 bridgehead atoms. The van der Waals surface area contributed by atoms with Crippen LogP contribution in [0.1, 0.15) is 20.8 Å². The Balaban J connectivity index is 2.13. The summed E-state index contributed by atoms with van der Waals surface area (Å²) in [6.45, 7) is 0. The first-order valence-corrected chi connectivity index (χ1v) is 7.04. The number of rotatable bonds is 3. The molecule has 1 aromatic heterocycles. The summed E-state index contributed by atoms with van der Waals surface area (Å²) in [5.74, 6) is -0.291. The van der Waals surface area contributed by atoms with E-state index in [9.17, 15) is 14.7 Å². The van der Waals surface area contributed by atoms with E-state index in [0.717, 1.165) is 10.9 Å². The SMILES string of the molecule is CNC(=O)c1cccc(-c2ccc3c(C=O)c(O)ccc3c2)n1. The van der Waals surface area contributed by atoms with Gasteiger partial charge in [-0.2, -0.15) is 0 Å². The summed E-state index contributed by atoms with van der Waals surface area (Å²) in [5, 5.41) is 13.8. The highest BCUT2D eigenvalue weighted by molar-refractivity contribution is 6.02. The monoisotopic (exact) mass is 306 g/mol. The first-order valence-electron chi connectivity index (χ1n) is 7.04. The molecule has 0 fully saturated rings. The number of aromatic hydroxyl groups is 1. The van der Waals surface area contributed by atoms with Gasteiger partial charge < -0.3 is 10.4 Å². The quantitative estimate of drug-likeness (QED) is 0.729. The number of hydrogen-bond donors (Lipinski definition) is 2. The molecule has 0 saturated carbocycles. The molecule has 0 unspecified atom stereocenters. The minimum atomic E-state index is -0.249. The summed E-state index contributed by atoms with van der Waals surface area (Å²) in [6, 6.07) is 13.9. The van der Waals surface area contributed by atoms with Gasteiger partial charge in [-0.3, -0.25) is 9.59 Å². The maximum absolute atomic E-state index is 11.7. The van der Waals surface area contributed by atoms with Gasteiger partial charge in [-0.05, 0) is 35.0 Å². The zero-order valence-electron chi connectivity index (χ0n) is 12.4. The summed E-state index contributed by atoms with van der Waals surface area (Å²) in [7, 11) is 1.56. The fourth-order valence-electron chi connectivity index (χ4n) is 2.48. The minimum absolute atomic E-state index is 0.0417. The third kappa shape index (κ3) is 2.64. The average Bonchev–Trinajstić information content (AvgIpc) is 2.60. The number of nitrogens with zero attached hydrogens (tertiary/aromatic N) is 1. The number of benzene rings is 2. The van der Waals surface area contributed by atoms with E-state index in [0.29, 0.717) is 23.1 Å². The van der Waals surface area contributed by atoms with Crippen LogP contribution in [0.5, 0.6) is 5.75 Å². The Hall–Kier alpha value is -3.21. The predicted molar refractivity (Wildman–Crippen MR) is 87.6 cm³/mol. The Labute approximate surface area is 132 Å². The summed E-state index contributed by atoms with van der Waals surface area (Å²) in [5.41, 5.74) is 2.09. The normalized spacial score (nSPS) is 10.5. The van der Waals surface area contributed by atoms with E-state index in [4.69, 9.17) is 0 Å². The Morgan fingerprint density at radius 3 is 2.74 bits per heavy atom. The molecule has 3 rings (SSSR count). The Bertz CT molecular complexity index is 919. The van der Waals surface area contributed by atoms with E-state index in [1.54, 1.807) is 31.3 Å². The van der Waals surface area contributed by atoms with Gasteiger partial charge in [0.05, 0.1) is 11.3 Å². The number of amides is 1. The van der Waals surface area contributed by atoms with Crippen LogP contribution >= 0.6 is 0 Å². The molecule has 0 aliphatic carbocycles. The summed E-state index contributed by atoms with van der Waals surface area (Å²) in [6.07, 6.45) is 0.641. The molecule has 0 atom stereocenters. The number of hydrogen-bond acceptors (Lipinski definition) is 4. The molecule has 2 N–H and O–H groups in total. The lowest BCUT2D eigenvalue weighted by Gasteiger charge is -2.07. The fourth-order valence-corrected chi connectivity index (χ4v) is 2.48. The van der Waals surface area contributed by atoms with Crippen molar-refractivity contribution in [3.8, 4) is 17.0 Å². The van der Waals surface area contributed by atoms with Crippen LogP contribution in [0.15, 0.2) is 48.5 Å². The Morgan fingerprint density at radius 2 is 2.00 bits per heavy atom. The highest BCUT2D eigenvalue weighted by Gasteiger charge is 2.10. The molecule has 0 aliphatic heterocycles. The van der Waals surface area contributed by atoms with E-state index in [1.807, 2.05) is 18.2 Å². The minimum Gasteiger partial charge on any atom is -0.507 e. The van der Waals surface area contributed by atoms with Gasteiger partial charge in [0.15, 0.2) is 6.29 Å². The second-order valence-corrected chi connectivity index (χ2v) is 5.04. The molecule has 5 nitrogen and oxygen atoms in total. The number of carbonyl (C=O) groups excluding carboxylic acids is 2. The molecule has 0 radical (unpaired) electrons. The van der Waals surface area contributed by atoms with E-state index in [-0.39, 0.29) is 17.2 Å². The Morgan fingerprint density at radius 1 is 1.17 bits per heavy atom. The highest BCUT2D eigenvalue weighted by Crippen LogP contribution is 2.29. The lowest BCUT2D eigenvalue weighted by molar-refractivity contribution is 0.0958. The highest BCUT2D eigenvalue weighted by atomic mass is 16.3. The molecule has 1 heterocycles. The van der Waals surface area contributed by atoms with Crippen LogP contribution in [0.2, 0.25) is 0 Å². The molecule has 0 spiro atoms. The number of aromatic nitrogens is 1. The predicted octanol–water partition coefficient (Wildman–Crippen LogP) is 2.78. The van der Waals surface area contributed by atoms with Gasteiger partial charge in [0.1, 0.15) is 11.4 Å². The molecule has 23 heavy (non-hydrogen) atoms. The van der Waals surface area contributed by atoms with Gasteiger partial charge in [0, 0.05) is 12.6 Å². The number of phenolic OH excluding ortho intramolecular Hbond substituents is 1. The molecule has 0 aliphatic rings. The number of nitrogens with one attached hydrogen (secondary N) is 1. The standard InChI is InChI=1S/C18H14N2O3/c1-19-18(23)16-4-2-3-15(20-16)12-5-7-13-11(9-12)6-8-17(22)14(13)10-21/h2-10,22H,1H3,(H,19,23). The van der Waals surface area contributed by atoms with Crippen LogP contribution in [0.3, 0.4) is 0 Å². The summed E-state index contributed by atoms with van der Waals surface area (Å²) >= 11 is 0. The van der Waals surface area contributed by atoms with Gasteiger partial charge in [0.25, 0.3) is 5.91 Å². The van der Waals surface area contributed by atoms with Gasteiger partial charge >= 0.3 is 0 Å². The molecule has 3 aromatic rings. The van der Waals surface area contributed by atoms with Crippen molar-refractivity contribution in [2.24, 2.45) is 0 Å². The molecular weight excluding hydrogens is 292 g/mol. The smallest absolute Gasteiger partial charge is 0.269 e. The van der Waals surface area contributed by atoms with Crippen molar-refractivity contribution in [3.05, 3.63) is 59.8 Å². The van der Waals surface area contributed by atoms with Crippen LogP contribution in [0, 0.1) is 0 Å². The zero-order chi connectivity index (χ0) is 16.4. The van der Waals surface area contributed by atoms with E-state index in [1.165, 1.54) is 6.07 Å². The molecule has 0 saturated heterocycles. The van der Waals surface area contributed by atoms with Crippen molar-refractivity contribution >= 4 is 23.0 Å². The van der Waals surface area contributed by atoms with Crippen LogP contribution in [-0.2, 0) is 0 Å². The topological polar surface area (TPSA) is 79.3 Å². The molecule has 5 heteroatoms. The first kappa shape index (κ1) is 14.7. The molecule has 114 valence electrons. The van der Waals surface area contributed by atoms with Gasteiger partial charge in [-0.15, -0.1) is 0 Å². The zero-order valence-corrected chi connectivity index (χ0v) is 12.4. The maximum atomic E-state index is 11.7. The van der Waals surface area contributed by atoms with Crippen LogP contribution in [-0.4, -0.2) is 29.3 Å². The second-order valence-electron chi connectivity index (χ2n) is 5.04. The molecule has 1 amide bonds. The second kappa shape index (κ2) is 5.88. The number of phenols is 1. The summed E-state index contributed by atoms with van der Waals surface area (Å²) < 4.78 is 0. The average molecular weight is 306 g/mol. The van der Waals surface area contributed by atoms with Crippen molar-refractivity contribution in [3.63, 3.8) is 0 Å². The van der Waals surface area contributed by atoms with E-state index in [2.05, 4.69) is 10.3 Å². The van der Waals surface area contributed by atoms with Crippen LogP contribution in [0.4, 0.5) is 0 Å². The number of carbonyl (C=O) groups is 2. The van der Waals surface area contributed by atoms with Crippen LogP contribution in [0.25, 0.3) is 22.0 Å². The lowest BCUT2D eigenvalue weighted by Crippen LogP contribution is -2.19. The number of fused-ring (bicyclic) bond motifs is 1. The van der Waals surface area contributed by atoms with Gasteiger partial charge in [-0.1, -0.05) is 24.3 Å². The maximum Gasteiger partial charge on any atom is 0.269 e. The third-order valence-corrected chi connectivity index (χ3v) is 3.66. The summed E-state index contributed by atoms with van der Waals surface area (Å²) in [4.78, 5) is 27.2. The lowest BCUT2D eigenvalue weighted by atomic mass is 10.0. The van der Waals surface area contributed by atoms with Gasteiger partial charge in [-0.25, -0.2) is 4.98 Å². The Kier molecular flexibility index (Phi) is 3.76. The van der Waals surface area contributed by atoms with E-state index >= 15 is 0 Å². The third-order valence-electron chi connectivity index (χ3n) is 3.66. The number of aldehydes is 1. The van der Waals surface area contributed by atoms with Crippen molar-refractivity contribution in [1.82, 2.24) is 10.3 Å². The van der Waals surface area contributed by atoms with Crippen molar-refractivity contribution in [2.45, 2.75) is 0 Å². The molecule has 2 aromatic carbocycles. The van der Waals surface area contributed by atoms with Gasteiger partial charge in [0.2, 0.25) is 0 Å². The van der Waals surface area contributed by atoms with Crippen molar-refractivity contribution < 1.29 is 14.7 Å². The largest absolute Gasteiger partial charge is 0.507 e. The number of pyridine rings is 1. The van der Waals surface area contributed by atoms with Crippen molar-refractivity contribution in [1.29, 1.82) is 0 Å². The van der Waals surface area contributed by atoms with Crippen LogP contribution < -0.4 is 5.32 Å². The van der Waals surface area contributed by atoms with E-state index < -0.39 is 0 Å².